The molecule has 0 saturated carbocycles. The van der Waals surface area contributed by atoms with Gasteiger partial charge in [0.15, 0.2) is 5.75 Å². The van der Waals surface area contributed by atoms with E-state index >= 15 is 0 Å². The van der Waals surface area contributed by atoms with Crippen LogP contribution in [0.1, 0.15) is 17.3 Å². The number of hydrogen-bond acceptors (Lipinski definition) is 4. The molecule has 0 saturated heterocycles. The lowest BCUT2D eigenvalue weighted by Gasteiger charge is -2.11. The van der Waals surface area contributed by atoms with Crippen LogP contribution in [0.2, 0.25) is 0 Å². The predicted octanol–water partition coefficient (Wildman–Crippen LogP) is 3.24. The minimum Gasteiger partial charge on any atom is -0.462 e. The number of carbonyl (C=O) groups excluding carboxylic acids is 1. The maximum Gasteiger partial charge on any atom is 0.340 e. The van der Waals surface area contributed by atoms with E-state index < -0.39 is 5.97 Å². The van der Waals surface area contributed by atoms with Crippen molar-refractivity contribution in [2.45, 2.75) is 6.92 Å². The Kier molecular flexibility index (Phi) is 4.03. The fourth-order valence-corrected chi connectivity index (χ4v) is 1.64. The molecule has 0 amide bonds. The topological polar surface area (TPSA) is 61.5 Å². The summed E-state index contributed by atoms with van der Waals surface area (Å²) in [4.78, 5) is 11.7. The minimum atomic E-state index is -0.446. The third-order valence-electron chi connectivity index (χ3n) is 2.53. The fraction of sp³-hybridized carbons (Fsp3) is 0.133. The van der Waals surface area contributed by atoms with Crippen molar-refractivity contribution < 1.29 is 14.3 Å². The van der Waals surface area contributed by atoms with Crippen molar-refractivity contribution in [1.82, 2.24) is 0 Å². The number of hydrogen-bond donors (Lipinski definition) is 1. The van der Waals surface area contributed by atoms with E-state index in [1.165, 1.54) is 0 Å². The SMILES string of the molecule is CCOC(=O)c1cccc(Oc2ccccc2)c1N. The summed E-state index contributed by atoms with van der Waals surface area (Å²) >= 11 is 0. The summed E-state index contributed by atoms with van der Waals surface area (Å²) in [5, 5.41) is 0. The lowest BCUT2D eigenvalue weighted by atomic mass is 10.1. The van der Waals surface area contributed by atoms with Gasteiger partial charge in [0.2, 0.25) is 0 Å². The third kappa shape index (κ3) is 3.04. The van der Waals surface area contributed by atoms with Crippen LogP contribution in [0.25, 0.3) is 0 Å². The Morgan fingerprint density at radius 1 is 1.11 bits per heavy atom. The summed E-state index contributed by atoms with van der Waals surface area (Å²) in [6, 6.07) is 14.3. The van der Waals surface area contributed by atoms with Gasteiger partial charge in [-0.3, -0.25) is 0 Å². The van der Waals surface area contributed by atoms with Gasteiger partial charge in [-0.2, -0.15) is 0 Å². The number of esters is 1. The molecule has 0 aliphatic rings. The van der Waals surface area contributed by atoms with E-state index in [4.69, 9.17) is 15.2 Å². The molecule has 2 N–H and O–H groups in total. The van der Waals surface area contributed by atoms with Gasteiger partial charge in [0.1, 0.15) is 5.75 Å². The lowest BCUT2D eigenvalue weighted by Crippen LogP contribution is -2.08. The highest BCUT2D eigenvalue weighted by Gasteiger charge is 2.14. The van der Waals surface area contributed by atoms with Gasteiger partial charge >= 0.3 is 5.97 Å². The number of ether oxygens (including phenoxy) is 2. The van der Waals surface area contributed by atoms with Crippen molar-refractivity contribution in [3.63, 3.8) is 0 Å². The minimum absolute atomic E-state index is 0.282. The molecule has 98 valence electrons. The van der Waals surface area contributed by atoms with Gasteiger partial charge in [0.05, 0.1) is 17.9 Å². The van der Waals surface area contributed by atoms with Crippen molar-refractivity contribution in [1.29, 1.82) is 0 Å². The molecule has 0 atom stereocenters. The van der Waals surface area contributed by atoms with Gasteiger partial charge in [0, 0.05) is 0 Å². The summed E-state index contributed by atoms with van der Waals surface area (Å²) in [6.07, 6.45) is 0. The van der Waals surface area contributed by atoms with Gasteiger partial charge in [-0.25, -0.2) is 4.79 Å². The highest BCUT2D eigenvalue weighted by atomic mass is 16.5. The van der Waals surface area contributed by atoms with Crippen LogP contribution < -0.4 is 10.5 Å². The van der Waals surface area contributed by atoms with Crippen LogP contribution in [0.5, 0.6) is 11.5 Å². The second-order valence-electron chi connectivity index (χ2n) is 3.85. The first kappa shape index (κ1) is 13.0. The van der Waals surface area contributed by atoms with Gasteiger partial charge in [-0.05, 0) is 31.2 Å². The molecule has 0 fully saturated rings. The van der Waals surface area contributed by atoms with E-state index in [-0.39, 0.29) is 5.69 Å². The number of benzene rings is 2. The number of anilines is 1. The number of nitrogens with two attached hydrogens (primary N) is 1. The number of rotatable bonds is 4. The molecule has 0 unspecified atom stereocenters. The monoisotopic (exact) mass is 257 g/mol. The van der Waals surface area contributed by atoms with E-state index in [1.807, 2.05) is 30.3 Å². The van der Waals surface area contributed by atoms with E-state index in [2.05, 4.69) is 0 Å². The zero-order chi connectivity index (χ0) is 13.7. The molecular weight excluding hydrogens is 242 g/mol. The van der Waals surface area contributed by atoms with E-state index in [1.54, 1.807) is 25.1 Å². The Morgan fingerprint density at radius 2 is 1.84 bits per heavy atom. The molecule has 2 aromatic rings. The zero-order valence-electron chi connectivity index (χ0n) is 10.6. The normalized spacial score (nSPS) is 9.95. The molecule has 4 nitrogen and oxygen atoms in total. The molecule has 0 aliphatic heterocycles. The average molecular weight is 257 g/mol. The zero-order valence-corrected chi connectivity index (χ0v) is 10.6. The van der Waals surface area contributed by atoms with Crippen LogP contribution in [0.15, 0.2) is 48.5 Å². The maximum atomic E-state index is 11.7. The van der Waals surface area contributed by atoms with Crippen molar-refractivity contribution in [3.8, 4) is 11.5 Å². The average Bonchev–Trinajstić information content (AvgIpc) is 2.42. The van der Waals surface area contributed by atoms with Gasteiger partial charge in [0.25, 0.3) is 0 Å². The summed E-state index contributed by atoms with van der Waals surface area (Å²) in [6.45, 7) is 2.06. The van der Waals surface area contributed by atoms with Crippen molar-refractivity contribution in [2.75, 3.05) is 12.3 Å². The summed E-state index contributed by atoms with van der Waals surface area (Å²) in [7, 11) is 0. The summed E-state index contributed by atoms with van der Waals surface area (Å²) < 4.78 is 10.6. The Morgan fingerprint density at radius 3 is 2.53 bits per heavy atom. The largest absolute Gasteiger partial charge is 0.462 e. The summed E-state index contributed by atoms with van der Waals surface area (Å²) in [5.74, 6) is 0.658. The van der Waals surface area contributed by atoms with Gasteiger partial charge < -0.3 is 15.2 Å². The Labute approximate surface area is 111 Å². The molecule has 2 aromatic carbocycles. The first-order valence-electron chi connectivity index (χ1n) is 6.01. The van der Waals surface area contributed by atoms with Crippen LogP contribution >= 0.6 is 0 Å². The molecule has 2 rings (SSSR count). The Hall–Kier alpha value is -2.49. The van der Waals surface area contributed by atoms with Crippen molar-refractivity contribution in [2.24, 2.45) is 0 Å². The molecule has 0 bridgehead atoms. The van der Waals surface area contributed by atoms with E-state index in [9.17, 15) is 4.79 Å². The number of carbonyl (C=O) groups is 1. The summed E-state index contributed by atoms with van der Waals surface area (Å²) in [5.41, 5.74) is 6.53. The number of para-hydroxylation sites is 2. The molecule has 0 radical (unpaired) electrons. The molecule has 0 aromatic heterocycles. The second-order valence-corrected chi connectivity index (χ2v) is 3.85. The standard InChI is InChI=1S/C15H15NO3/c1-2-18-15(17)12-9-6-10-13(14(12)16)19-11-7-4-3-5-8-11/h3-10H,2,16H2,1H3. The highest BCUT2D eigenvalue weighted by Crippen LogP contribution is 2.30. The lowest BCUT2D eigenvalue weighted by molar-refractivity contribution is 0.0527. The Balaban J connectivity index is 2.27. The van der Waals surface area contributed by atoms with Crippen LogP contribution in [-0.2, 0) is 4.74 Å². The van der Waals surface area contributed by atoms with Crippen LogP contribution in [0.3, 0.4) is 0 Å². The molecule has 4 heteroatoms. The van der Waals surface area contributed by atoms with Crippen LogP contribution in [0, 0.1) is 0 Å². The Bertz CT molecular complexity index is 567. The molecule has 0 spiro atoms. The van der Waals surface area contributed by atoms with Gasteiger partial charge in [-0.1, -0.05) is 24.3 Å². The van der Waals surface area contributed by atoms with E-state index in [0.29, 0.717) is 23.7 Å². The van der Waals surface area contributed by atoms with Crippen molar-refractivity contribution >= 4 is 11.7 Å². The second kappa shape index (κ2) is 5.91. The smallest absolute Gasteiger partial charge is 0.340 e. The third-order valence-corrected chi connectivity index (χ3v) is 2.53. The van der Waals surface area contributed by atoms with Crippen LogP contribution in [-0.4, -0.2) is 12.6 Å². The van der Waals surface area contributed by atoms with E-state index in [0.717, 1.165) is 0 Å². The van der Waals surface area contributed by atoms with Gasteiger partial charge in [-0.15, -0.1) is 0 Å². The number of nitrogen functional groups attached to an aromatic ring is 1. The quantitative estimate of drug-likeness (QED) is 0.674. The first-order chi connectivity index (χ1) is 9.22. The van der Waals surface area contributed by atoms with Crippen molar-refractivity contribution in [3.05, 3.63) is 54.1 Å². The molecular formula is C15H15NO3. The molecule has 0 aliphatic carbocycles. The molecule has 19 heavy (non-hydrogen) atoms. The van der Waals surface area contributed by atoms with Crippen LogP contribution in [0.4, 0.5) is 5.69 Å². The fourth-order valence-electron chi connectivity index (χ4n) is 1.64. The molecule has 0 heterocycles. The maximum absolute atomic E-state index is 11.7. The highest BCUT2D eigenvalue weighted by molar-refractivity contribution is 5.96. The first-order valence-corrected chi connectivity index (χ1v) is 6.01. The predicted molar refractivity (Wildman–Crippen MR) is 73.3 cm³/mol.